The molecular formula is C23H26FN5O2. The van der Waals surface area contributed by atoms with Gasteiger partial charge >= 0.3 is 6.03 Å². The SMILES string of the molecule is Cc1ccccc1CN1C(=O)C2C(NC3N(c4ccc(F)cc4)CCCN23)N(C)C1=O. The van der Waals surface area contributed by atoms with Crippen LogP contribution in [0.15, 0.2) is 48.5 Å². The maximum Gasteiger partial charge on any atom is 0.328 e. The van der Waals surface area contributed by atoms with Crippen molar-refractivity contribution >= 4 is 17.6 Å². The van der Waals surface area contributed by atoms with Crippen molar-refractivity contribution in [2.75, 3.05) is 25.0 Å². The van der Waals surface area contributed by atoms with Crippen LogP contribution in [0.2, 0.25) is 0 Å². The van der Waals surface area contributed by atoms with Crippen molar-refractivity contribution in [3.63, 3.8) is 0 Å². The average molecular weight is 423 g/mol. The third-order valence-electron chi connectivity index (χ3n) is 6.62. The molecule has 3 unspecified atom stereocenters. The van der Waals surface area contributed by atoms with Gasteiger partial charge in [-0.05, 0) is 48.7 Å². The summed E-state index contributed by atoms with van der Waals surface area (Å²) in [7, 11) is 1.74. The van der Waals surface area contributed by atoms with Gasteiger partial charge in [-0.1, -0.05) is 24.3 Å². The van der Waals surface area contributed by atoms with E-state index >= 15 is 0 Å². The highest BCUT2D eigenvalue weighted by Crippen LogP contribution is 2.33. The lowest BCUT2D eigenvalue weighted by Gasteiger charge is -2.44. The minimum absolute atomic E-state index is 0.174. The van der Waals surface area contributed by atoms with Gasteiger partial charge in [-0.15, -0.1) is 0 Å². The Balaban J connectivity index is 1.44. The minimum atomic E-state index is -0.458. The van der Waals surface area contributed by atoms with Gasteiger partial charge in [-0.25, -0.2) is 9.18 Å². The number of hydrogen-bond donors (Lipinski definition) is 1. The van der Waals surface area contributed by atoms with E-state index < -0.39 is 12.2 Å². The van der Waals surface area contributed by atoms with E-state index in [0.717, 1.165) is 36.3 Å². The van der Waals surface area contributed by atoms with Crippen LogP contribution in [0.5, 0.6) is 0 Å². The summed E-state index contributed by atoms with van der Waals surface area (Å²) in [6.45, 7) is 3.79. The van der Waals surface area contributed by atoms with Crippen LogP contribution in [0, 0.1) is 12.7 Å². The molecule has 0 aromatic heterocycles. The number of carbonyl (C=O) groups is 2. The quantitative estimate of drug-likeness (QED) is 0.821. The highest BCUT2D eigenvalue weighted by molar-refractivity contribution is 6.00. The van der Waals surface area contributed by atoms with Crippen LogP contribution >= 0.6 is 0 Å². The molecule has 0 saturated carbocycles. The number of nitrogens with one attached hydrogen (secondary N) is 1. The summed E-state index contributed by atoms with van der Waals surface area (Å²) < 4.78 is 13.4. The van der Waals surface area contributed by atoms with Crippen LogP contribution in [0.3, 0.4) is 0 Å². The van der Waals surface area contributed by atoms with Gasteiger partial charge in [0.1, 0.15) is 24.3 Å². The molecule has 3 saturated heterocycles. The molecular weight excluding hydrogens is 397 g/mol. The van der Waals surface area contributed by atoms with Crippen molar-refractivity contribution in [2.45, 2.75) is 38.4 Å². The fourth-order valence-corrected chi connectivity index (χ4v) is 4.92. The molecule has 1 N–H and O–H groups in total. The number of imide groups is 1. The fourth-order valence-electron chi connectivity index (χ4n) is 4.92. The number of likely N-dealkylation sites (N-methyl/N-ethyl adjacent to an activating group) is 1. The lowest BCUT2D eigenvalue weighted by Crippen LogP contribution is -2.66. The molecule has 0 aliphatic carbocycles. The summed E-state index contributed by atoms with van der Waals surface area (Å²) >= 11 is 0. The number of fused-ring (bicyclic) bond motifs is 3. The number of halogens is 1. The van der Waals surface area contributed by atoms with Crippen LogP contribution in [0.4, 0.5) is 14.9 Å². The molecule has 3 atom stereocenters. The topological polar surface area (TPSA) is 59.1 Å². The summed E-state index contributed by atoms with van der Waals surface area (Å²) in [5.41, 5.74) is 2.90. The predicted octanol–water partition coefficient (Wildman–Crippen LogP) is 2.32. The Labute approximate surface area is 181 Å². The monoisotopic (exact) mass is 423 g/mol. The molecule has 8 heteroatoms. The third-order valence-corrected chi connectivity index (χ3v) is 6.62. The number of anilines is 1. The van der Waals surface area contributed by atoms with Crippen LogP contribution < -0.4 is 10.2 Å². The van der Waals surface area contributed by atoms with Crippen molar-refractivity contribution in [3.8, 4) is 0 Å². The molecule has 3 amide bonds. The van der Waals surface area contributed by atoms with E-state index in [0.29, 0.717) is 0 Å². The number of aryl methyl sites for hydroxylation is 1. The second-order valence-corrected chi connectivity index (χ2v) is 8.44. The van der Waals surface area contributed by atoms with Crippen LogP contribution in [-0.2, 0) is 11.3 Å². The highest BCUT2D eigenvalue weighted by Gasteiger charge is 2.56. The maximum absolute atomic E-state index is 13.5. The molecule has 3 fully saturated rings. The lowest BCUT2D eigenvalue weighted by atomic mass is 10.1. The van der Waals surface area contributed by atoms with E-state index in [4.69, 9.17) is 0 Å². The maximum atomic E-state index is 13.5. The zero-order chi connectivity index (χ0) is 21.7. The summed E-state index contributed by atoms with van der Waals surface area (Å²) in [4.78, 5) is 33.9. The fraction of sp³-hybridized carbons (Fsp3) is 0.391. The standard InChI is InChI=1S/C23H26FN5O2/c1-15-6-3-4-7-16(15)14-29-21(30)19-20(26(2)23(29)31)25-22-27(12-5-13-28(19)22)18-10-8-17(24)9-11-18/h3-4,6-11,19-20,22,25H,5,12-14H2,1-2H3. The summed E-state index contributed by atoms with van der Waals surface area (Å²) in [5, 5.41) is 3.48. The Bertz CT molecular complexity index is 1010. The molecule has 7 nitrogen and oxygen atoms in total. The summed E-state index contributed by atoms with van der Waals surface area (Å²) in [6, 6.07) is 13.5. The molecule has 3 aliphatic rings. The van der Waals surface area contributed by atoms with E-state index in [-0.39, 0.29) is 30.6 Å². The Morgan fingerprint density at radius 2 is 1.81 bits per heavy atom. The Morgan fingerprint density at radius 3 is 2.55 bits per heavy atom. The number of benzene rings is 2. The van der Waals surface area contributed by atoms with Gasteiger partial charge in [0.15, 0.2) is 0 Å². The van der Waals surface area contributed by atoms with Crippen molar-refractivity contribution in [1.82, 2.24) is 20.0 Å². The third kappa shape index (κ3) is 3.26. The number of amides is 3. The van der Waals surface area contributed by atoms with Crippen molar-refractivity contribution in [2.24, 2.45) is 0 Å². The Kier molecular flexibility index (Phi) is 4.91. The molecule has 162 valence electrons. The second kappa shape index (κ2) is 7.62. The number of carbonyl (C=O) groups excluding carboxylic acids is 2. The van der Waals surface area contributed by atoms with Crippen molar-refractivity contribution in [1.29, 1.82) is 0 Å². The van der Waals surface area contributed by atoms with Gasteiger partial charge in [0.2, 0.25) is 0 Å². The van der Waals surface area contributed by atoms with Crippen molar-refractivity contribution in [3.05, 3.63) is 65.5 Å². The number of rotatable bonds is 3. The molecule has 0 radical (unpaired) electrons. The Morgan fingerprint density at radius 1 is 1.06 bits per heavy atom. The van der Waals surface area contributed by atoms with Gasteiger partial charge < -0.3 is 9.80 Å². The molecule has 0 bridgehead atoms. The van der Waals surface area contributed by atoms with E-state index in [1.807, 2.05) is 31.2 Å². The van der Waals surface area contributed by atoms with E-state index in [9.17, 15) is 14.0 Å². The number of urea groups is 1. The first-order chi connectivity index (χ1) is 15.0. The van der Waals surface area contributed by atoms with Gasteiger partial charge in [-0.2, -0.15) is 0 Å². The zero-order valence-electron chi connectivity index (χ0n) is 17.7. The van der Waals surface area contributed by atoms with Gasteiger partial charge in [0.25, 0.3) is 5.91 Å². The minimum Gasteiger partial charge on any atom is -0.343 e. The normalized spacial score (nSPS) is 26.3. The molecule has 2 aromatic rings. The smallest absolute Gasteiger partial charge is 0.328 e. The van der Waals surface area contributed by atoms with Crippen molar-refractivity contribution < 1.29 is 14.0 Å². The molecule has 31 heavy (non-hydrogen) atoms. The average Bonchev–Trinajstić information content (AvgIpc) is 3.17. The van der Waals surface area contributed by atoms with Crippen LogP contribution in [-0.4, -0.2) is 65.3 Å². The first-order valence-corrected chi connectivity index (χ1v) is 10.6. The molecule has 3 aliphatic heterocycles. The molecule has 5 rings (SSSR count). The van der Waals surface area contributed by atoms with Gasteiger partial charge in [0.05, 0.1) is 6.54 Å². The Hall–Kier alpha value is -2.97. The first kappa shape index (κ1) is 20.0. The molecule has 0 spiro atoms. The second-order valence-electron chi connectivity index (χ2n) is 8.44. The van der Waals surface area contributed by atoms with Gasteiger partial charge in [-0.3, -0.25) is 19.9 Å². The first-order valence-electron chi connectivity index (χ1n) is 10.6. The largest absolute Gasteiger partial charge is 0.343 e. The lowest BCUT2D eigenvalue weighted by molar-refractivity contribution is -0.139. The predicted molar refractivity (Wildman–Crippen MR) is 114 cm³/mol. The van der Waals surface area contributed by atoms with Crippen LogP contribution in [0.1, 0.15) is 17.5 Å². The highest BCUT2D eigenvalue weighted by atomic mass is 19.1. The zero-order valence-corrected chi connectivity index (χ0v) is 17.7. The van der Waals surface area contributed by atoms with Gasteiger partial charge in [0, 0.05) is 25.8 Å². The summed E-state index contributed by atoms with van der Waals surface area (Å²) in [5.74, 6) is -0.453. The number of hydrogen-bond acceptors (Lipinski definition) is 5. The van der Waals surface area contributed by atoms with E-state index in [2.05, 4.69) is 15.1 Å². The van der Waals surface area contributed by atoms with E-state index in [1.54, 1.807) is 24.1 Å². The van der Waals surface area contributed by atoms with Crippen LogP contribution in [0.25, 0.3) is 0 Å². The number of nitrogens with zero attached hydrogens (tertiary/aromatic N) is 4. The van der Waals surface area contributed by atoms with E-state index in [1.165, 1.54) is 17.0 Å². The summed E-state index contributed by atoms with van der Waals surface area (Å²) in [6.07, 6.45) is 0.243. The molecule has 3 heterocycles. The molecule has 2 aromatic carbocycles.